The Hall–Kier alpha value is -0.930. The molecule has 1 heterocycles. The van der Waals surface area contributed by atoms with Gasteiger partial charge in [-0.1, -0.05) is 12.1 Å². The van der Waals surface area contributed by atoms with Gasteiger partial charge in [0.05, 0.1) is 0 Å². The Labute approximate surface area is 115 Å². The molecule has 19 heavy (non-hydrogen) atoms. The average molecular weight is 262 g/mol. The third-order valence-electron chi connectivity index (χ3n) is 4.47. The lowest BCUT2D eigenvalue weighted by molar-refractivity contribution is 0.0843. The number of nitrogens with zero attached hydrogens (tertiary/aromatic N) is 1. The van der Waals surface area contributed by atoms with Crippen LogP contribution >= 0.6 is 0 Å². The molecular weight excluding hydrogens is 239 g/mol. The minimum atomic E-state index is -0.109. The fraction of sp³-hybridized carbons (Fsp3) is 0.625. The van der Waals surface area contributed by atoms with Crippen molar-refractivity contribution in [1.29, 1.82) is 0 Å². The monoisotopic (exact) mass is 262 g/mol. The maximum atomic E-state index is 13.5. The molecule has 0 spiro atoms. The number of hydrogen-bond acceptors (Lipinski definition) is 2. The highest BCUT2D eigenvalue weighted by atomic mass is 19.1. The second-order valence-electron chi connectivity index (χ2n) is 5.93. The summed E-state index contributed by atoms with van der Waals surface area (Å²) in [5.74, 6) is 0.489. The van der Waals surface area contributed by atoms with Gasteiger partial charge in [-0.15, -0.1) is 0 Å². The molecule has 0 aromatic heterocycles. The Morgan fingerprint density at radius 1 is 1.32 bits per heavy atom. The minimum absolute atomic E-state index is 0.109. The summed E-state index contributed by atoms with van der Waals surface area (Å²) in [4.78, 5) is 2.63. The molecule has 0 amide bonds. The van der Waals surface area contributed by atoms with Gasteiger partial charge in [0.25, 0.3) is 0 Å². The Balaban J connectivity index is 1.89. The van der Waals surface area contributed by atoms with Gasteiger partial charge in [0.1, 0.15) is 5.82 Å². The SMILES string of the molecule is CNCC1CCCN(C2CC2)C1c1cccc(F)c1. The van der Waals surface area contributed by atoms with E-state index < -0.39 is 0 Å². The molecule has 2 atom stereocenters. The molecule has 1 aliphatic carbocycles. The van der Waals surface area contributed by atoms with Crippen molar-refractivity contribution in [3.8, 4) is 0 Å². The van der Waals surface area contributed by atoms with Gasteiger partial charge in [0.2, 0.25) is 0 Å². The molecule has 3 heteroatoms. The van der Waals surface area contributed by atoms with E-state index in [1.807, 2.05) is 13.1 Å². The molecule has 3 rings (SSSR count). The van der Waals surface area contributed by atoms with Gasteiger partial charge in [-0.05, 0) is 69.4 Å². The van der Waals surface area contributed by atoms with Crippen LogP contribution in [0.15, 0.2) is 24.3 Å². The van der Waals surface area contributed by atoms with Crippen LogP contribution < -0.4 is 5.32 Å². The summed E-state index contributed by atoms with van der Waals surface area (Å²) in [5.41, 5.74) is 1.16. The van der Waals surface area contributed by atoms with E-state index in [1.54, 1.807) is 12.1 Å². The van der Waals surface area contributed by atoms with Crippen LogP contribution in [-0.2, 0) is 0 Å². The van der Waals surface area contributed by atoms with Crippen LogP contribution in [0.5, 0.6) is 0 Å². The van der Waals surface area contributed by atoms with Crippen molar-refractivity contribution in [2.75, 3.05) is 20.1 Å². The van der Waals surface area contributed by atoms with Crippen LogP contribution in [0.2, 0.25) is 0 Å². The van der Waals surface area contributed by atoms with Crippen molar-refractivity contribution in [3.63, 3.8) is 0 Å². The molecule has 1 aromatic carbocycles. The standard InChI is InChI=1S/C16H23FN2/c1-18-11-13-5-3-9-19(15-7-8-15)16(13)12-4-2-6-14(17)10-12/h2,4,6,10,13,15-16,18H,3,5,7-9,11H2,1H3. The Morgan fingerprint density at radius 2 is 2.16 bits per heavy atom. The molecule has 1 N–H and O–H groups in total. The van der Waals surface area contributed by atoms with Crippen LogP contribution in [0.4, 0.5) is 4.39 Å². The summed E-state index contributed by atoms with van der Waals surface area (Å²) in [6, 6.07) is 8.35. The van der Waals surface area contributed by atoms with E-state index >= 15 is 0 Å². The predicted octanol–water partition coefficient (Wildman–Crippen LogP) is 2.96. The van der Waals surface area contributed by atoms with Gasteiger partial charge in [0.15, 0.2) is 0 Å². The molecule has 2 nitrogen and oxygen atoms in total. The molecular formula is C16H23FN2. The van der Waals surface area contributed by atoms with Crippen LogP contribution in [0.25, 0.3) is 0 Å². The molecule has 1 aliphatic heterocycles. The van der Waals surface area contributed by atoms with Crippen molar-refractivity contribution < 1.29 is 4.39 Å². The highest BCUT2D eigenvalue weighted by Crippen LogP contribution is 2.42. The van der Waals surface area contributed by atoms with Crippen molar-refractivity contribution in [2.24, 2.45) is 5.92 Å². The minimum Gasteiger partial charge on any atom is -0.319 e. The number of rotatable bonds is 4. The maximum Gasteiger partial charge on any atom is 0.123 e. The summed E-state index contributed by atoms with van der Waals surface area (Å²) < 4.78 is 13.5. The van der Waals surface area contributed by atoms with E-state index in [9.17, 15) is 4.39 Å². The third kappa shape index (κ3) is 2.82. The van der Waals surface area contributed by atoms with E-state index in [1.165, 1.54) is 32.2 Å². The van der Waals surface area contributed by atoms with Gasteiger partial charge < -0.3 is 5.32 Å². The van der Waals surface area contributed by atoms with Crippen LogP contribution in [0.1, 0.15) is 37.3 Å². The van der Waals surface area contributed by atoms with Crippen molar-refractivity contribution in [1.82, 2.24) is 10.2 Å². The summed E-state index contributed by atoms with van der Waals surface area (Å²) in [5, 5.41) is 3.31. The van der Waals surface area contributed by atoms with E-state index in [-0.39, 0.29) is 5.82 Å². The molecule has 0 radical (unpaired) electrons. The lowest BCUT2D eigenvalue weighted by Crippen LogP contribution is -2.43. The largest absolute Gasteiger partial charge is 0.319 e. The normalized spacial score (nSPS) is 28.5. The molecule has 1 aromatic rings. The van der Waals surface area contributed by atoms with E-state index in [0.29, 0.717) is 12.0 Å². The molecule has 1 saturated carbocycles. The number of likely N-dealkylation sites (tertiary alicyclic amines) is 1. The van der Waals surface area contributed by atoms with Crippen LogP contribution in [0.3, 0.4) is 0 Å². The molecule has 2 fully saturated rings. The third-order valence-corrected chi connectivity index (χ3v) is 4.47. The first-order chi connectivity index (χ1) is 9.29. The molecule has 104 valence electrons. The van der Waals surface area contributed by atoms with Crippen molar-refractivity contribution in [3.05, 3.63) is 35.6 Å². The zero-order valence-corrected chi connectivity index (χ0v) is 11.6. The van der Waals surface area contributed by atoms with E-state index in [0.717, 1.165) is 18.2 Å². The Kier molecular flexibility index (Phi) is 3.85. The van der Waals surface area contributed by atoms with Crippen LogP contribution in [0, 0.1) is 11.7 Å². The molecule has 2 unspecified atom stereocenters. The fourth-order valence-corrected chi connectivity index (χ4v) is 3.55. The summed E-state index contributed by atoms with van der Waals surface area (Å²) >= 11 is 0. The smallest absolute Gasteiger partial charge is 0.123 e. The highest BCUT2D eigenvalue weighted by molar-refractivity contribution is 5.22. The van der Waals surface area contributed by atoms with Gasteiger partial charge in [-0.25, -0.2) is 4.39 Å². The molecule has 1 saturated heterocycles. The maximum absolute atomic E-state index is 13.5. The van der Waals surface area contributed by atoms with E-state index in [4.69, 9.17) is 0 Å². The average Bonchev–Trinajstić information content (AvgIpc) is 3.23. The van der Waals surface area contributed by atoms with Gasteiger partial charge in [-0.3, -0.25) is 4.90 Å². The summed E-state index contributed by atoms with van der Waals surface area (Å²) in [7, 11) is 2.01. The van der Waals surface area contributed by atoms with Gasteiger partial charge in [-0.2, -0.15) is 0 Å². The topological polar surface area (TPSA) is 15.3 Å². The number of nitrogens with one attached hydrogen (secondary N) is 1. The van der Waals surface area contributed by atoms with Gasteiger partial charge >= 0.3 is 0 Å². The first-order valence-corrected chi connectivity index (χ1v) is 7.45. The Bertz CT molecular complexity index is 429. The number of hydrogen-bond donors (Lipinski definition) is 1. The summed E-state index contributed by atoms with van der Waals surface area (Å²) in [6.07, 6.45) is 5.15. The zero-order valence-electron chi connectivity index (χ0n) is 11.6. The quantitative estimate of drug-likeness (QED) is 0.897. The number of halogens is 1. The summed E-state index contributed by atoms with van der Waals surface area (Å²) in [6.45, 7) is 2.19. The van der Waals surface area contributed by atoms with E-state index in [2.05, 4.69) is 16.3 Å². The van der Waals surface area contributed by atoms with Gasteiger partial charge in [0, 0.05) is 12.1 Å². The zero-order chi connectivity index (χ0) is 13.2. The van der Waals surface area contributed by atoms with Crippen LogP contribution in [-0.4, -0.2) is 31.1 Å². The second-order valence-corrected chi connectivity index (χ2v) is 5.93. The number of benzene rings is 1. The number of piperidine rings is 1. The molecule has 2 aliphatic rings. The predicted molar refractivity (Wildman–Crippen MR) is 75.5 cm³/mol. The lowest BCUT2D eigenvalue weighted by Gasteiger charge is -2.42. The first kappa shape index (κ1) is 13.1. The van der Waals surface area contributed by atoms with Crippen molar-refractivity contribution >= 4 is 0 Å². The fourth-order valence-electron chi connectivity index (χ4n) is 3.55. The lowest BCUT2D eigenvalue weighted by atomic mass is 9.84. The van der Waals surface area contributed by atoms with Crippen molar-refractivity contribution in [2.45, 2.75) is 37.8 Å². The first-order valence-electron chi connectivity index (χ1n) is 7.45. The second kappa shape index (κ2) is 5.59. The Morgan fingerprint density at radius 3 is 2.84 bits per heavy atom. The highest BCUT2D eigenvalue weighted by Gasteiger charge is 2.40. The molecule has 0 bridgehead atoms.